The summed E-state index contributed by atoms with van der Waals surface area (Å²) in [5.74, 6) is 1.25. The summed E-state index contributed by atoms with van der Waals surface area (Å²) < 4.78 is 5.37. The van der Waals surface area contributed by atoms with Crippen molar-refractivity contribution in [1.82, 2.24) is 4.90 Å². The molecule has 0 radical (unpaired) electrons. The van der Waals surface area contributed by atoms with Gasteiger partial charge in [-0.3, -0.25) is 0 Å². The van der Waals surface area contributed by atoms with Crippen molar-refractivity contribution < 1.29 is 14.6 Å². The van der Waals surface area contributed by atoms with E-state index in [9.17, 15) is 9.90 Å². The normalized spacial score (nSPS) is 37.5. The molecule has 1 aliphatic heterocycles. The molecule has 1 heterocycles. The molecule has 21 heavy (non-hydrogen) atoms. The SMILES string of the molecule is CC(C)(C)OC(=O)N1CC(O)(C2(CN)CC3CCC2C3)C1. The van der Waals surface area contributed by atoms with E-state index in [1.54, 1.807) is 4.90 Å². The number of nitrogens with zero attached hydrogens (tertiary/aromatic N) is 1. The van der Waals surface area contributed by atoms with Crippen molar-refractivity contribution in [3.63, 3.8) is 0 Å². The summed E-state index contributed by atoms with van der Waals surface area (Å²) >= 11 is 0. The molecule has 1 amide bonds. The number of carbonyl (C=O) groups is 1. The largest absolute Gasteiger partial charge is 0.444 e. The summed E-state index contributed by atoms with van der Waals surface area (Å²) in [5, 5.41) is 11.1. The molecule has 3 aliphatic rings. The summed E-state index contributed by atoms with van der Waals surface area (Å²) in [7, 11) is 0. The van der Waals surface area contributed by atoms with E-state index in [0.29, 0.717) is 25.6 Å². The Balaban J connectivity index is 1.67. The van der Waals surface area contributed by atoms with Crippen molar-refractivity contribution in [2.24, 2.45) is 23.0 Å². The zero-order valence-electron chi connectivity index (χ0n) is 13.4. The van der Waals surface area contributed by atoms with Gasteiger partial charge in [0.15, 0.2) is 0 Å². The quantitative estimate of drug-likeness (QED) is 0.814. The van der Waals surface area contributed by atoms with Crippen LogP contribution in [0.2, 0.25) is 0 Å². The number of hydrogen-bond acceptors (Lipinski definition) is 4. The highest BCUT2D eigenvalue weighted by Gasteiger charge is 2.65. The number of ether oxygens (including phenoxy) is 1. The van der Waals surface area contributed by atoms with Crippen LogP contribution in [-0.2, 0) is 4.74 Å². The molecular formula is C16H28N2O3. The molecule has 5 nitrogen and oxygen atoms in total. The molecule has 3 N–H and O–H groups in total. The molecule has 2 saturated carbocycles. The van der Waals surface area contributed by atoms with Gasteiger partial charge in [0.05, 0.1) is 13.1 Å². The lowest BCUT2D eigenvalue weighted by atomic mass is 9.59. The van der Waals surface area contributed by atoms with E-state index in [2.05, 4.69) is 0 Å². The van der Waals surface area contributed by atoms with Gasteiger partial charge in [0.25, 0.3) is 0 Å². The Morgan fingerprint density at radius 2 is 2.05 bits per heavy atom. The monoisotopic (exact) mass is 296 g/mol. The van der Waals surface area contributed by atoms with E-state index >= 15 is 0 Å². The number of fused-ring (bicyclic) bond motifs is 2. The van der Waals surface area contributed by atoms with Crippen LogP contribution in [-0.4, -0.2) is 46.9 Å². The number of aliphatic hydroxyl groups is 1. The zero-order valence-corrected chi connectivity index (χ0v) is 13.4. The van der Waals surface area contributed by atoms with Crippen LogP contribution in [0.25, 0.3) is 0 Å². The summed E-state index contributed by atoms with van der Waals surface area (Å²) in [4.78, 5) is 13.7. The van der Waals surface area contributed by atoms with Crippen molar-refractivity contribution in [2.75, 3.05) is 19.6 Å². The molecule has 3 rings (SSSR count). The van der Waals surface area contributed by atoms with Crippen LogP contribution < -0.4 is 5.73 Å². The fourth-order valence-electron chi connectivity index (χ4n) is 4.81. The second-order valence-electron chi connectivity index (χ2n) is 8.31. The lowest BCUT2D eigenvalue weighted by molar-refractivity contribution is -0.187. The van der Waals surface area contributed by atoms with Gasteiger partial charge in [-0.25, -0.2) is 4.79 Å². The Hall–Kier alpha value is -0.810. The van der Waals surface area contributed by atoms with Crippen molar-refractivity contribution in [1.29, 1.82) is 0 Å². The molecule has 120 valence electrons. The van der Waals surface area contributed by atoms with Crippen molar-refractivity contribution >= 4 is 6.09 Å². The van der Waals surface area contributed by atoms with Gasteiger partial charge in [0.1, 0.15) is 11.2 Å². The summed E-state index contributed by atoms with van der Waals surface area (Å²) in [5.41, 5.74) is 4.58. The van der Waals surface area contributed by atoms with Crippen molar-refractivity contribution in [3.8, 4) is 0 Å². The molecule has 3 fully saturated rings. The third kappa shape index (κ3) is 2.25. The Labute approximate surface area is 126 Å². The average molecular weight is 296 g/mol. The minimum atomic E-state index is -0.821. The van der Waals surface area contributed by atoms with E-state index in [4.69, 9.17) is 10.5 Å². The molecule has 2 bridgehead atoms. The smallest absolute Gasteiger partial charge is 0.410 e. The molecule has 3 unspecified atom stereocenters. The van der Waals surface area contributed by atoms with Crippen LogP contribution in [0, 0.1) is 17.3 Å². The van der Waals surface area contributed by atoms with Crippen LogP contribution >= 0.6 is 0 Å². The molecule has 0 aromatic rings. The standard InChI is InChI=1S/C16H28N2O3/c1-14(2,3)21-13(19)18-9-16(20,10-18)15(8-17)7-11-4-5-12(15)6-11/h11-12,20H,4-10,17H2,1-3H3. The molecule has 5 heteroatoms. The molecule has 0 spiro atoms. The second-order valence-corrected chi connectivity index (χ2v) is 8.31. The van der Waals surface area contributed by atoms with Gasteiger partial charge in [0.2, 0.25) is 0 Å². The Bertz CT molecular complexity index is 439. The summed E-state index contributed by atoms with van der Waals surface area (Å²) in [6.07, 6.45) is 4.34. The number of β-amino-alcohol motifs (C(OH)–C–C–N with tert-alkyl or cyclic N) is 1. The lowest BCUT2D eigenvalue weighted by Gasteiger charge is -2.58. The van der Waals surface area contributed by atoms with E-state index in [-0.39, 0.29) is 11.5 Å². The van der Waals surface area contributed by atoms with Crippen LogP contribution in [0.3, 0.4) is 0 Å². The highest BCUT2D eigenvalue weighted by Crippen LogP contribution is 2.61. The number of carbonyl (C=O) groups excluding carboxylic acids is 1. The number of amides is 1. The van der Waals surface area contributed by atoms with E-state index in [1.165, 1.54) is 19.3 Å². The lowest BCUT2D eigenvalue weighted by Crippen LogP contribution is -2.73. The first-order valence-electron chi connectivity index (χ1n) is 8.09. The molecule has 0 aromatic heterocycles. The maximum absolute atomic E-state index is 12.1. The first kappa shape index (κ1) is 15.1. The second kappa shape index (κ2) is 4.59. The van der Waals surface area contributed by atoms with Gasteiger partial charge in [-0.1, -0.05) is 6.42 Å². The van der Waals surface area contributed by atoms with Gasteiger partial charge in [-0.2, -0.15) is 0 Å². The number of hydrogen-bond donors (Lipinski definition) is 2. The zero-order chi connectivity index (χ0) is 15.5. The minimum Gasteiger partial charge on any atom is -0.444 e. The minimum absolute atomic E-state index is 0.186. The van der Waals surface area contributed by atoms with Gasteiger partial charge in [0, 0.05) is 12.0 Å². The Morgan fingerprint density at radius 3 is 2.48 bits per heavy atom. The van der Waals surface area contributed by atoms with Crippen LogP contribution in [0.1, 0.15) is 46.5 Å². The van der Waals surface area contributed by atoms with E-state index in [0.717, 1.165) is 12.3 Å². The maximum Gasteiger partial charge on any atom is 0.410 e. The number of likely N-dealkylation sites (tertiary alicyclic amines) is 1. The first-order chi connectivity index (χ1) is 9.69. The van der Waals surface area contributed by atoms with Crippen LogP contribution in [0.15, 0.2) is 0 Å². The topological polar surface area (TPSA) is 75.8 Å². The third-order valence-corrected chi connectivity index (χ3v) is 5.82. The van der Waals surface area contributed by atoms with Gasteiger partial charge >= 0.3 is 6.09 Å². The number of rotatable bonds is 2. The van der Waals surface area contributed by atoms with Gasteiger partial charge in [-0.15, -0.1) is 0 Å². The van der Waals surface area contributed by atoms with Crippen LogP contribution in [0.5, 0.6) is 0 Å². The highest BCUT2D eigenvalue weighted by molar-refractivity contribution is 5.69. The predicted octanol–water partition coefficient (Wildman–Crippen LogP) is 1.73. The van der Waals surface area contributed by atoms with Crippen molar-refractivity contribution in [2.45, 2.75) is 57.7 Å². The molecule has 2 aliphatic carbocycles. The Kier molecular flexibility index (Phi) is 3.30. The third-order valence-electron chi connectivity index (χ3n) is 5.82. The fourth-order valence-corrected chi connectivity index (χ4v) is 4.81. The number of nitrogens with two attached hydrogens (primary N) is 1. The molecule has 3 atom stereocenters. The van der Waals surface area contributed by atoms with Crippen molar-refractivity contribution in [3.05, 3.63) is 0 Å². The average Bonchev–Trinajstić information content (AvgIpc) is 2.93. The van der Waals surface area contributed by atoms with Gasteiger partial charge in [-0.05, 0) is 51.9 Å². The van der Waals surface area contributed by atoms with Crippen LogP contribution in [0.4, 0.5) is 4.79 Å². The maximum atomic E-state index is 12.1. The first-order valence-corrected chi connectivity index (χ1v) is 8.09. The summed E-state index contributed by atoms with van der Waals surface area (Å²) in [6.45, 7) is 6.81. The predicted molar refractivity (Wildman–Crippen MR) is 79.7 cm³/mol. The Morgan fingerprint density at radius 1 is 1.38 bits per heavy atom. The van der Waals surface area contributed by atoms with E-state index < -0.39 is 11.2 Å². The molecule has 0 aromatic carbocycles. The van der Waals surface area contributed by atoms with Gasteiger partial charge < -0.3 is 20.5 Å². The molecule has 1 saturated heterocycles. The van der Waals surface area contributed by atoms with E-state index in [1.807, 2.05) is 20.8 Å². The molecular weight excluding hydrogens is 268 g/mol. The summed E-state index contributed by atoms with van der Waals surface area (Å²) in [6, 6.07) is 0. The highest BCUT2D eigenvalue weighted by atomic mass is 16.6. The fraction of sp³-hybridized carbons (Fsp3) is 0.938.